The standard InChI is InChI=1S/C19H18FN3O2S/c1-11-16(12-4-6-13(20)7-5-12)17-18(25)21-14(22-19(17)26-11)10-15(24)23-8-2-3-9-23/h4-7H,2-3,8-10H2,1H3,(H,21,22,25). The van der Waals surface area contributed by atoms with Gasteiger partial charge >= 0.3 is 0 Å². The molecule has 1 aromatic carbocycles. The molecule has 0 saturated carbocycles. The number of halogens is 1. The highest BCUT2D eigenvalue weighted by molar-refractivity contribution is 7.19. The summed E-state index contributed by atoms with van der Waals surface area (Å²) in [4.78, 5) is 35.6. The van der Waals surface area contributed by atoms with Crippen LogP contribution >= 0.6 is 11.3 Å². The van der Waals surface area contributed by atoms with Gasteiger partial charge in [0.05, 0.1) is 11.8 Å². The van der Waals surface area contributed by atoms with Crippen molar-refractivity contribution in [1.29, 1.82) is 0 Å². The van der Waals surface area contributed by atoms with Gasteiger partial charge in [-0.1, -0.05) is 12.1 Å². The SMILES string of the molecule is Cc1sc2nc(CC(=O)N3CCCC3)[nH]c(=O)c2c1-c1ccc(F)cc1. The van der Waals surface area contributed by atoms with Crippen LogP contribution < -0.4 is 5.56 Å². The lowest BCUT2D eigenvalue weighted by atomic mass is 10.0. The van der Waals surface area contributed by atoms with E-state index in [0.29, 0.717) is 16.0 Å². The van der Waals surface area contributed by atoms with Crippen molar-refractivity contribution in [3.05, 3.63) is 51.1 Å². The number of fused-ring (bicyclic) bond motifs is 1. The molecule has 0 unspecified atom stereocenters. The average molecular weight is 371 g/mol. The second kappa shape index (κ2) is 6.64. The van der Waals surface area contributed by atoms with Crippen LogP contribution in [0, 0.1) is 12.7 Å². The summed E-state index contributed by atoms with van der Waals surface area (Å²) in [6.07, 6.45) is 2.16. The summed E-state index contributed by atoms with van der Waals surface area (Å²) in [5.74, 6) is 0.0732. The van der Waals surface area contributed by atoms with E-state index >= 15 is 0 Å². The number of amides is 1. The number of rotatable bonds is 3. The minimum Gasteiger partial charge on any atom is -0.342 e. The van der Waals surface area contributed by atoms with Crippen molar-refractivity contribution in [3.63, 3.8) is 0 Å². The average Bonchev–Trinajstić information content (AvgIpc) is 3.23. The van der Waals surface area contributed by atoms with E-state index in [1.165, 1.54) is 23.5 Å². The van der Waals surface area contributed by atoms with Crippen molar-refractivity contribution in [2.75, 3.05) is 13.1 Å². The van der Waals surface area contributed by atoms with Crippen molar-refractivity contribution in [2.24, 2.45) is 0 Å². The number of hydrogen-bond acceptors (Lipinski definition) is 4. The summed E-state index contributed by atoms with van der Waals surface area (Å²) in [5.41, 5.74) is 1.29. The number of carbonyl (C=O) groups is 1. The third kappa shape index (κ3) is 3.03. The van der Waals surface area contributed by atoms with E-state index in [9.17, 15) is 14.0 Å². The molecule has 1 amide bonds. The van der Waals surface area contributed by atoms with Gasteiger partial charge < -0.3 is 9.88 Å². The number of carbonyl (C=O) groups excluding carboxylic acids is 1. The van der Waals surface area contributed by atoms with Crippen molar-refractivity contribution >= 4 is 27.5 Å². The maximum atomic E-state index is 13.2. The Bertz CT molecular complexity index is 1030. The van der Waals surface area contributed by atoms with Crippen LogP contribution in [0.4, 0.5) is 4.39 Å². The number of H-pyrrole nitrogens is 1. The Hall–Kier alpha value is -2.54. The topological polar surface area (TPSA) is 66.1 Å². The van der Waals surface area contributed by atoms with Crippen LogP contribution in [-0.4, -0.2) is 33.9 Å². The number of aryl methyl sites for hydroxylation is 1. The molecule has 3 heterocycles. The van der Waals surface area contributed by atoms with Crippen molar-refractivity contribution in [1.82, 2.24) is 14.9 Å². The van der Waals surface area contributed by atoms with Gasteiger partial charge in [-0.25, -0.2) is 9.37 Å². The first-order chi connectivity index (χ1) is 12.5. The fourth-order valence-electron chi connectivity index (χ4n) is 3.43. The highest BCUT2D eigenvalue weighted by Crippen LogP contribution is 2.35. The maximum absolute atomic E-state index is 13.2. The number of likely N-dealkylation sites (tertiary alicyclic amines) is 1. The van der Waals surface area contributed by atoms with Gasteiger partial charge in [-0.05, 0) is 37.5 Å². The number of nitrogens with zero attached hydrogens (tertiary/aromatic N) is 2. The van der Waals surface area contributed by atoms with Gasteiger partial charge in [0.15, 0.2) is 0 Å². The van der Waals surface area contributed by atoms with Crippen LogP contribution in [0.25, 0.3) is 21.3 Å². The van der Waals surface area contributed by atoms with E-state index in [1.54, 1.807) is 12.1 Å². The summed E-state index contributed by atoms with van der Waals surface area (Å²) in [6.45, 7) is 3.47. The molecule has 1 N–H and O–H groups in total. The monoisotopic (exact) mass is 371 g/mol. The molecule has 7 heteroatoms. The lowest BCUT2D eigenvalue weighted by Crippen LogP contribution is -2.30. The Morgan fingerprint density at radius 1 is 1.27 bits per heavy atom. The van der Waals surface area contributed by atoms with E-state index in [-0.39, 0.29) is 23.7 Å². The zero-order valence-corrected chi connectivity index (χ0v) is 15.2. The minimum absolute atomic E-state index is 0.00274. The minimum atomic E-state index is -0.319. The molecule has 0 spiro atoms. The summed E-state index contributed by atoms with van der Waals surface area (Å²) in [6, 6.07) is 6.08. The van der Waals surface area contributed by atoms with E-state index in [1.807, 2.05) is 11.8 Å². The predicted octanol–water partition coefficient (Wildman–Crippen LogP) is 3.26. The van der Waals surface area contributed by atoms with Crippen LogP contribution in [0.1, 0.15) is 23.5 Å². The fraction of sp³-hybridized carbons (Fsp3) is 0.316. The summed E-state index contributed by atoms with van der Waals surface area (Å²) < 4.78 is 13.2. The van der Waals surface area contributed by atoms with E-state index < -0.39 is 0 Å². The van der Waals surface area contributed by atoms with Gasteiger partial charge in [-0.15, -0.1) is 11.3 Å². The molecule has 1 aliphatic heterocycles. The fourth-order valence-corrected chi connectivity index (χ4v) is 4.50. The summed E-state index contributed by atoms with van der Waals surface area (Å²) in [7, 11) is 0. The van der Waals surface area contributed by atoms with Gasteiger partial charge in [-0.2, -0.15) is 0 Å². The Kier molecular flexibility index (Phi) is 4.32. The molecule has 1 aliphatic rings. The van der Waals surface area contributed by atoms with Gasteiger partial charge in [-0.3, -0.25) is 9.59 Å². The normalized spacial score (nSPS) is 14.3. The quantitative estimate of drug-likeness (QED) is 0.768. The third-order valence-corrected chi connectivity index (χ3v) is 5.70. The first-order valence-electron chi connectivity index (χ1n) is 8.59. The Balaban J connectivity index is 1.73. The predicted molar refractivity (Wildman–Crippen MR) is 99.9 cm³/mol. The molecular weight excluding hydrogens is 353 g/mol. The van der Waals surface area contributed by atoms with E-state index in [2.05, 4.69) is 9.97 Å². The van der Waals surface area contributed by atoms with Crippen molar-refractivity contribution in [3.8, 4) is 11.1 Å². The van der Waals surface area contributed by atoms with Crippen LogP contribution in [0.15, 0.2) is 29.1 Å². The number of aromatic amines is 1. The molecule has 134 valence electrons. The number of benzene rings is 1. The lowest BCUT2D eigenvalue weighted by molar-refractivity contribution is -0.129. The molecule has 0 radical (unpaired) electrons. The van der Waals surface area contributed by atoms with Gasteiger partial charge in [0.1, 0.15) is 16.5 Å². The summed E-state index contributed by atoms with van der Waals surface area (Å²) in [5, 5.41) is 0.497. The molecule has 2 aromatic heterocycles. The third-order valence-electron chi connectivity index (χ3n) is 4.70. The maximum Gasteiger partial charge on any atom is 0.260 e. The zero-order valence-electron chi connectivity index (χ0n) is 14.3. The number of nitrogens with one attached hydrogen (secondary N) is 1. The number of hydrogen-bond donors (Lipinski definition) is 1. The van der Waals surface area contributed by atoms with Crippen molar-refractivity contribution < 1.29 is 9.18 Å². The van der Waals surface area contributed by atoms with Crippen molar-refractivity contribution in [2.45, 2.75) is 26.2 Å². The second-order valence-corrected chi connectivity index (χ2v) is 7.70. The van der Waals surface area contributed by atoms with E-state index in [4.69, 9.17) is 0 Å². The molecule has 0 bridgehead atoms. The molecule has 0 aliphatic carbocycles. The Morgan fingerprint density at radius 2 is 1.96 bits per heavy atom. The lowest BCUT2D eigenvalue weighted by Gasteiger charge is -2.14. The smallest absolute Gasteiger partial charge is 0.260 e. The van der Waals surface area contributed by atoms with Crippen LogP contribution in [0.5, 0.6) is 0 Å². The second-order valence-electron chi connectivity index (χ2n) is 6.50. The first-order valence-corrected chi connectivity index (χ1v) is 9.40. The number of thiophene rings is 1. The highest BCUT2D eigenvalue weighted by atomic mass is 32.1. The number of aromatic nitrogens is 2. The molecular formula is C19H18FN3O2S. The van der Waals surface area contributed by atoms with Crippen LogP contribution in [0.2, 0.25) is 0 Å². The van der Waals surface area contributed by atoms with Crippen LogP contribution in [0.3, 0.4) is 0 Å². The van der Waals surface area contributed by atoms with Crippen LogP contribution in [-0.2, 0) is 11.2 Å². The van der Waals surface area contributed by atoms with Gasteiger partial charge in [0.2, 0.25) is 5.91 Å². The molecule has 5 nitrogen and oxygen atoms in total. The van der Waals surface area contributed by atoms with E-state index in [0.717, 1.165) is 41.9 Å². The van der Waals surface area contributed by atoms with Gasteiger partial charge in [0, 0.05) is 23.5 Å². The molecule has 1 fully saturated rings. The molecule has 0 atom stereocenters. The first kappa shape index (κ1) is 16.9. The van der Waals surface area contributed by atoms with Gasteiger partial charge in [0.25, 0.3) is 5.56 Å². The largest absolute Gasteiger partial charge is 0.342 e. The highest BCUT2D eigenvalue weighted by Gasteiger charge is 2.21. The molecule has 4 rings (SSSR count). The summed E-state index contributed by atoms with van der Waals surface area (Å²) >= 11 is 1.42. The molecule has 26 heavy (non-hydrogen) atoms. The zero-order chi connectivity index (χ0) is 18.3. The Labute approximate surface area is 153 Å². The molecule has 3 aromatic rings. The molecule has 1 saturated heterocycles. The Morgan fingerprint density at radius 3 is 2.65 bits per heavy atom.